The predicted octanol–water partition coefficient (Wildman–Crippen LogP) is 4.64. The maximum atomic E-state index is 12.3. The maximum Gasteiger partial charge on any atom is 0.255 e. The van der Waals surface area contributed by atoms with Gasteiger partial charge in [-0.1, -0.05) is 51.3 Å². The van der Waals surface area contributed by atoms with E-state index < -0.39 is 0 Å². The van der Waals surface area contributed by atoms with Crippen molar-refractivity contribution in [3.05, 3.63) is 62.0 Å². The third-order valence-electron chi connectivity index (χ3n) is 2.62. The number of nitrogens with one attached hydrogen (secondary N) is 1. The summed E-state index contributed by atoms with van der Waals surface area (Å²) in [6, 6.07) is 9.82. The summed E-state index contributed by atoms with van der Waals surface area (Å²) in [5, 5.41) is 3.66. The Morgan fingerprint density at radius 1 is 1.14 bits per heavy atom. The fraction of sp³-hybridized carbons (Fsp3) is 0. The molecular weight excluding hydrogens is 395 g/mol. The highest BCUT2D eigenvalue weighted by molar-refractivity contribution is 9.10. The largest absolute Gasteiger partial charge is 0.389 e. The quantitative estimate of drug-likeness (QED) is 0.733. The molecule has 0 aromatic heterocycles. The molecule has 0 radical (unpaired) electrons. The highest BCUT2D eigenvalue weighted by Gasteiger charge is 2.12. The van der Waals surface area contributed by atoms with Crippen LogP contribution in [-0.2, 0) is 0 Å². The molecule has 0 spiro atoms. The average molecular weight is 404 g/mol. The van der Waals surface area contributed by atoms with Gasteiger partial charge in [-0.2, -0.15) is 0 Å². The molecule has 0 atom stereocenters. The van der Waals surface area contributed by atoms with E-state index in [9.17, 15) is 4.79 Å². The minimum atomic E-state index is -0.335. The SMILES string of the molecule is NC(=S)c1ccc(Cl)cc1NC(=O)c1cc(Cl)cc(Br)c1. The van der Waals surface area contributed by atoms with Gasteiger partial charge < -0.3 is 11.1 Å². The Labute approximate surface area is 145 Å². The number of carbonyl (C=O) groups excluding carboxylic acids is 1. The number of hydrogen-bond acceptors (Lipinski definition) is 2. The number of nitrogens with two attached hydrogens (primary N) is 1. The Hall–Kier alpha value is -1.14. The molecule has 0 aliphatic rings. The third-order valence-corrected chi connectivity index (χ3v) is 3.75. The minimum Gasteiger partial charge on any atom is -0.389 e. The first-order chi connectivity index (χ1) is 9.86. The second-order valence-corrected chi connectivity index (χ2v) is 6.39. The van der Waals surface area contributed by atoms with Crippen LogP contribution in [0.15, 0.2) is 40.9 Å². The lowest BCUT2D eigenvalue weighted by molar-refractivity contribution is 0.102. The van der Waals surface area contributed by atoms with Crippen molar-refractivity contribution in [1.29, 1.82) is 0 Å². The van der Waals surface area contributed by atoms with Crippen molar-refractivity contribution in [1.82, 2.24) is 0 Å². The van der Waals surface area contributed by atoms with Gasteiger partial charge in [-0.15, -0.1) is 0 Å². The lowest BCUT2D eigenvalue weighted by Gasteiger charge is -2.11. The first-order valence-electron chi connectivity index (χ1n) is 5.73. The molecule has 0 fully saturated rings. The Morgan fingerprint density at radius 3 is 2.48 bits per heavy atom. The lowest BCUT2D eigenvalue weighted by atomic mass is 10.1. The van der Waals surface area contributed by atoms with Crippen LogP contribution in [0.1, 0.15) is 15.9 Å². The van der Waals surface area contributed by atoms with Crippen molar-refractivity contribution < 1.29 is 4.79 Å². The molecule has 1 amide bonds. The van der Waals surface area contributed by atoms with Crippen molar-refractivity contribution in [2.24, 2.45) is 5.73 Å². The molecule has 7 heteroatoms. The van der Waals surface area contributed by atoms with Crippen molar-refractivity contribution in [3.8, 4) is 0 Å². The molecule has 108 valence electrons. The lowest BCUT2D eigenvalue weighted by Crippen LogP contribution is -2.17. The van der Waals surface area contributed by atoms with Crippen LogP contribution in [0.3, 0.4) is 0 Å². The summed E-state index contributed by atoms with van der Waals surface area (Å²) in [7, 11) is 0. The fourth-order valence-corrected chi connectivity index (χ4v) is 2.92. The van der Waals surface area contributed by atoms with Gasteiger partial charge in [0.05, 0.1) is 5.69 Å². The first-order valence-corrected chi connectivity index (χ1v) is 7.69. The van der Waals surface area contributed by atoms with Gasteiger partial charge in [0.25, 0.3) is 5.91 Å². The molecule has 0 aliphatic heterocycles. The van der Waals surface area contributed by atoms with E-state index >= 15 is 0 Å². The number of benzene rings is 2. The van der Waals surface area contributed by atoms with Crippen molar-refractivity contribution in [2.45, 2.75) is 0 Å². The van der Waals surface area contributed by atoms with E-state index in [0.717, 1.165) is 0 Å². The topological polar surface area (TPSA) is 55.1 Å². The summed E-state index contributed by atoms with van der Waals surface area (Å²) in [4.78, 5) is 12.5. The smallest absolute Gasteiger partial charge is 0.255 e. The zero-order valence-corrected chi connectivity index (χ0v) is 14.4. The molecule has 2 aromatic rings. The van der Waals surface area contributed by atoms with E-state index in [1.807, 2.05) is 0 Å². The molecule has 2 rings (SSSR count). The van der Waals surface area contributed by atoms with E-state index in [-0.39, 0.29) is 10.9 Å². The number of hydrogen-bond donors (Lipinski definition) is 2. The van der Waals surface area contributed by atoms with E-state index in [2.05, 4.69) is 21.2 Å². The summed E-state index contributed by atoms with van der Waals surface area (Å²) in [6.45, 7) is 0. The molecule has 21 heavy (non-hydrogen) atoms. The van der Waals surface area contributed by atoms with E-state index in [1.165, 1.54) is 0 Å². The van der Waals surface area contributed by atoms with Gasteiger partial charge in [-0.05, 0) is 36.4 Å². The van der Waals surface area contributed by atoms with Crippen molar-refractivity contribution >= 4 is 67.9 Å². The number of anilines is 1. The van der Waals surface area contributed by atoms with Crippen LogP contribution in [0.25, 0.3) is 0 Å². The molecule has 0 aliphatic carbocycles. The van der Waals surface area contributed by atoms with Crippen molar-refractivity contribution in [2.75, 3.05) is 5.32 Å². The zero-order valence-electron chi connectivity index (χ0n) is 10.5. The van der Waals surface area contributed by atoms with E-state index in [0.29, 0.717) is 31.3 Å². The molecule has 0 bridgehead atoms. The summed E-state index contributed by atoms with van der Waals surface area (Å²) in [6.07, 6.45) is 0. The number of carbonyl (C=O) groups is 1. The summed E-state index contributed by atoms with van der Waals surface area (Å²) in [5.74, 6) is -0.335. The number of halogens is 3. The monoisotopic (exact) mass is 402 g/mol. The van der Waals surface area contributed by atoms with E-state index in [4.69, 9.17) is 41.2 Å². The maximum absolute atomic E-state index is 12.3. The highest BCUT2D eigenvalue weighted by Crippen LogP contribution is 2.24. The fourth-order valence-electron chi connectivity index (χ4n) is 1.71. The molecule has 0 saturated carbocycles. The van der Waals surface area contributed by atoms with Crippen LogP contribution in [0.2, 0.25) is 10.0 Å². The molecule has 0 saturated heterocycles. The zero-order chi connectivity index (χ0) is 15.6. The minimum absolute atomic E-state index is 0.175. The van der Waals surface area contributed by atoms with Gasteiger partial charge in [0, 0.05) is 25.6 Å². The predicted molar refractivity (Wildman–Crippen MR) is 94.4 cm³/mol. The van der Waals surface area contributed by atoms with Gasteiger partial charge >= 0.3 is 0 Å². The number of rotatable bonds is 3. The molecular formula is C14H9BrCl2N2OS. The van der Waals surface area contributed by atoms with Crippen LogP contribution < -0.4 is 11.1 Å². The second kappa shape index (κ2) is 6.75. The molecule has 0 heterocycles. The molecule has 0 unspecified atom stereocenters. The Kier molecular flexibility index (Phi) is 5.22. The van der Waals surface area contributed by atoms with Crippen LogP contribution in [0.4, 0.5) is 5.69 Å². The van der Waals surface area contributed by atoms with E-state index in [1.54, 1.807) is 36.4 Å². The number of amides is 1. The van der Waals surface area contributed by atoms with Crippen LogP contribution in [-0.4, -0.2) is 10.9 Å². The van der Waals surface area contributed by atoms with Crippen LogP contribution >= 0.6 is 51.3 Å². The third kappa shape index (κ3) is 4.17. The second-order valence-electron chi connectivity index (χ2n) is 4.17. The first kappa shape index (κ1) is 16.2. The number of thiocarbonyl (C=S) groups is 1. The van der Waals surface area contributed by atoms with Gasteiger partial charge in [0.1, 0.15) is 4.99 Å². The van der Waals surface area contributed by atoms with Crippen LogP contribution in [0, 0.1) is 0 Å². The average Bonchev–Trinajstić information content (AvgIpc) is 2.37. The standard InChI is InChI=1S/C14H9BrCl2N2OS/c15-8-3-7(4-10(17)5-8)14(20)19-12-6-9(16)1-2-11(12)13(18)21/h1-6H,(H2,18,21)(H,19,20). The molecule has 3 nitrogen and oxygen atoms in total. The van der Waals surface area contributed by atoms with Gasteiger partial charge in [0.2, 0.25) is 0 Å². The Morgan fingerprint density at radius 2 is 1.86 bits per heavy atom. The molecule has 2 aromatic carbocycles. The van der Waals surface area contributed by atoms with Gasteiger partial charge in [0.15, 0.2) is 0 Å². The Bertz CT molecular complexity index is 717. The Balaban J connectivity index is 2.35. The summed E-state index contributed by atoms with van der Waals surface area (Å²) >= 11 is 20.1. The molecule has 3 N–H and O–H groups in total. The van der Waals surface area contributed by atoms with Crippen LogP contribution in [0.5, 0.6) is 0 Å². The van der Waals surface area contributed by atoms with Gasteiger partial charge in [-0.3, -0.25) is 4.79 Å². The summed E-state index contributed by atoms with van der Waals surface area (Å²) < 4.78 is 0.709. The normalized spacial score (nSPS) is 10.2. The summed E-state index contributed by atoms with van der Waals surface area (Å²) in [5.41, 5.74) is 7.04. The van der Waals surface area contributed by atoms with Crippen molar-refractivity contribution in [3.63, 3.8) is 0 Å². The highest BCUT2D eigenvalue weighted by atomic mass is 79.9. The van der Waals surface area contributed by atoms with Gasteiger partial charge in [-0.25, -0.2) is 0 Å².